The first-order valence-electron chi connectivity index (χ1n) is 19.2. The lowest BCUT2D eigenvalue weighted by molar-refractivity contribution is -0.195. The van der Waals surface area contributed by atoms with Gasteiger partial charge in [-0.15, -0.1) is 11.3 Å². The van der Waals surface area contributed by atoms with Gasteiger partial charge in [-0.3, -0.25) is 24.2 Å². The Morgan fingerprint density at radius 3 is 2.53 bits per heavy atom. The molecule has 0 saturated carbocycles. The number of hydrogen-bond acceptors (Lipinski definition) is 10. The van der Waals surface area contributed by atoms with Crippen LogP contribution in [0, 0.1) is 0 Å². The number of aromatic amines is 1. The highest BCUT2D eigenvalue weighted by Crippen LogP contribution is 2.32. The van der Waals surface area contributed by atoms with E-state index in [1.165, 1.54) is 6.92 Å². The van der Waals surface area contributed by atoms with Gasteiger partial charge in [0, 0.05) is 43.4 Å². The van der Waals surface area contributed by atoms with E-state index in [4.69, 9.17) is 16.2 Å². The maximum atomic E-state index is 14.4. The first-order valence-corrected chi connectivity index (χ1v) is 20.0. The third-order valence-corrected chi connectivity index (χ3v) is 11.1. The predicted molar refractivity (Wildman–Crippen MR) is 221 cm³/mol. The van der Waals surface area contributed by atoms with Crippen molar-refractivity contribution in [3.63, 3.8) is 0 Å². The van der Waals surface area contributed by atoms with Gasteiger partial charge in [0.15, 0.2) is 11.0 Å². The lowest BCUT2D eigenvalue weighted by Gasteiger charge is -2.32. The summed E-state index contributed by atoms with van der Waals surface area (Å²) in [6, 6.07) is 17.2. The fourth-order valence-electron chi connectivity index (χ4n) is 6.92. The molecule has 2 bridgehead atoms. The van der Waals surface area contributed by atoms with Crippen LogP contribution in [0.4, 0.5) is 0 Å². The first-order chi connectivity index (χ1) is 27.9. The number of fused-ring (bicyclic) bond motifs is 16. The molecule has 17 heteroatoms. The average Bonchev–Trinajstić information content (AvgIpc) is 3.83. The van der Waals surface area contributed by atoms with Gasteiger partial charge in [0.1, 0.15) is 23.9 Å². The Morgan fingerprint density at radius 1 is 1.02 bits per heavy atom. The Bertz CT molecular complexity index is 2220. The van der Waals surface area contributed by atoms with Gasteiger partial charge in [-0.2, -0.15) is 0 Å². The molecule has 0 spiro atoms. The second kappa shape index (κ2) is 18.9. The molecule has 0 fully saturated rings. The molecule has 5 aromatic rings. The van der Waals surface area contributed by atoms with Crippen LogP contribution in [-0.4, -0.2) is 87.1 Å². The number of nitrogens with one attached hydrogen (secondary N) is 5. The lowest BCUT2D eigenvalue weighted by atomic mass is 9.99. The summed E-state index contributed by atoms with van der Waals surface area (Å²) in [5.41, 5.74) is 13.9. The third kappa shape index (κ3) is 10.7. The molecule has 58 heavy (non-hydrogen) atoms. The van der Waals surface area contributed by atoms with Gasteiger partial charge >= 0.3 is 0 Å². The number of aliphatic imine (C=N–C) groups is 1. The molecule has 0 aliphatic carbocycles. The largest absolute Gasteiger partial charge is 0.494 e. The highest BCUT2D eigenvalue weighted by molar-refractivity contribution is 7.18. The average molecular weight is 812 g/mol. The maximum absolute atomic E-state index is 14.4. The number of benzene rings is 3. The van der Waals surface area contributed by atoms with Crippen molar-refractivity contribution in [2.24, 2.45) is 16.5 Å². The van der Waals surface area contributed by atoms with Gasteiger partial charge in [0.25, 0.3) is 0 Å². The van der Waals surface area contributed by atoms with Crippen LogP contribution in [0.25, 0.3) is 21.1 Å². The molecule has 4 atom stereocenters. The lowest BCUT2D eigenvalue weighted by Crippen LogP contribution is -2.59. The predicted octanol–water partition coefficient (Wildman–Crippen LogP) is 1.98. The van der Waals surface area contributed by atoms with Crippen molar-refractivity contribution in [2.75, 3.05) is 13.2 Å². The van der Waals surface area contributed by atoms with E-state index in [2.05, 4.69) is 36.2 Å². The molecule has 3 aromatic carbocycles. The summed E-state index contributed by atoms with van der Waals surface area (Å²) < 4.78 is 6.66. The third-order valence-electron chi connectivity index (χ3n) is 9.93. The Kier molecular flexibility index (Phi) is 13.6. The van der Waals surface area contributed by atoms with Crippen LogP contribution in [0.15, 0.2) is 84.0 Å². The molecule has 0 saturated heterocycles. The molecule has 306 valence electrons. The summed E-state index contributed by atoms with van der Waals surface area (Å²) in [5.74, 6) is -4.50. The number of para-hydroxylation sites is 2. The van der Waals surface area contributed by atoms with Crippen molar-refractivity contribution in [1.29, 1.82) is 0 Å². The molecular weight excluding hydrogens is 763 g/mol. The van der Waals surface area contributed by atoms with Crippen molar-refractivity contribution in [1.82, 2.24) is 31.2 Å². The Labute approximate surface area is 338 Å². The van der Waals surface area contributed by atoms with Crippen LogP contribution in [-0.2, 0) is 37.8 Å². The fourth-order valence-corrected chi connectivity index (χ4v) is 7.93. The summed E-state index contributed by atoms with van der Waals surface area (Å²) in [5, 5.41) is 35.4. The molecule has 4 heterocycles. The SMILES string of the molecule is CC(=O)N[C@H]1Cc2ccc(cc2)OCCCC[C@@H](C(=O)N[C@@H](CCCN=C(N)N)C(O)(O)c2nc3ccccc3s2)NC(=O)[C@@H](Cc2c[nH]c3ccccc23)NC1=O. The van der Waals surface area contributed by atoms with Crippen molar-refractivity contribution in [3.05, 3.63) is 95.1 Å². The van der Waals surface area contributed by atoms with Gasteiger partial charge in [-0.05, 0) is 73.6 Å². The molecule has 4 amide bonds. The number of thiazole rings is 1. The number of carbonyl (C=O) groups is 4. The molecule has 0 unspecified atom stereocenters. The second-order valence-corrected chi connectivity index (χ2v) is 15.4. The number of amides is 4. The van der Waals surface area contributed by atoms with Crippen molar-refractivity contribution in [3.8, 4) is 5.75 Å². The number of rotatable bonds is 11. The van der Waals surface area contributed by atoms with E-state index >= 15 is 0 Å². The summed E-state index contributed by atoms with van der Waals surface area (Å²) in [7, 11) is 0. The number of aliphatic hydroxyl groups is 2. The number of carbonyl (C=O) groups excluding carboxylic acids is 4. The molecule has 7 rings (SSSR count). The topological polar surface area (TPSA) is 259 Å². The fraction of sp³-hybridized carbons (Fsp3) is 0.366. The zero-order chi connectivity index (χ0) is 41.2. The van der Waals surface area contributed by atoms with E-state index in [9.17, 15) is 29.4 Å². The summed E-state index contributed by atoms with van der Waals surface area (Å²) in [4.78, 5) is 66.7. The summed E-state index contributed by atoms with van der Waals surface area (Å²) in [6.07, 6.45) is 3.36. The highest BCUT2D eigenvalue weighted by Gasteiger charge is 2.41. The minimum Gasteiger partial charge on any atom is -0.494 e. The number of nitrogens with two attached hydrogens (primary N) is 2. The number of ether oxygens (including phenoxy) is 1. The van der Waals surface area contributed by atoms with Crippen LogP contribution in [0.1, 0.15) is 55.2 Å². The zero-order valence-electron chi connectivity index (χ0n) is 32.1. The summed E-state index contributed by atoms with van der Waals surface area (Å²) in [6.45, 7) is 1.79. The van der Waals surface area contributed by atoms with Crippen molar-refractivity contribution >= 4 is 62.0 Å². The van der Waals surface area contributed by atoms with Crippen LogP contribution in [0.5, 0.6) is 5.75 Å². The first kappa shape index (κ1) is 41.6. The normalized spacial score (nSPS) is 18.7. The monoisotopic (exact) mass is 811 g/mol. The Hall–Kier alpha value is -6.04. The molecule has 16 nitrogen and oxygen atoms in total. The minimum absolute atomic E-state index is 0.0286. The zero-order valence-corrected chi connectivity index (χ0v) is 32.9. The van der Waals surface area contributed by atoms with E-state index in [1.54, 1.807) is 36.5 Å². The molecular formula is C41H49N9O7S. The smallest absolute Gasteiger partial charge is 0.243 e. The van der Waals surface area contributed by atoms with Crippen LogP contribution < -0.4 is 37.5 Å². The minimum atomic E-state index is -2.62. The van der Waals surface area contributed by atoms with Crippen LogP contribution in [0.3, 0.4) is 0 Å². The molecule has 2 aromatic heterocycles. The number of H-pyrrole nitrogens is 1. The van der Waals surface area contributed by atoms with Crippen molar-refractivity contribution in [2.45, 2.75) is 81.8 Å². The number of hydrogen-bond donors (Lipinski definition) is 9. The van der Waals surface area contributed by atoms with Gasteiger partial charge in [-0.25, -0.2) is 4.98 Å². The van der Waals surface area contributed by atoms with E-state index in [1.807, 2.05) is 42.5 Å². The van der Waals surface area contributed by atoms with Crippen molar-refractivity contribution < 1.29 is 34.1 Å². The molecule has 0 radical (unpaired) electrons. The Morgan fingerprint density at radius 2 is 1.78 bits per heavy atom. The van der Waals surface area contributed by atoms with E-state index in [0.717, 1.165) is 38.1 Å². The van der Waals surface area contributed by atoms with E-state index in [0.29, 0.717) is 30.7 Å². The maximum Gasteiger partial charge on any atom is 0.243 e. The van der Waals surface area contributed by atoms with E-state index in [-0.39, 0.29) is 49.6 Å². The standard InChI is InChI=1S/C41H49N9O7S/c1-24(51)46-32-21-25-15-17-27(18-16-25)57-20-7-6-12-31(47-38(54)33(48-37(32)53)22-26-23-45-29-10-3-2-9-28(26)29)36(52)50-35(14-8-19-44-40(42)43)41(55,56)39-49-30-11-4-5-13-34(30)58-39/h2-5,9-11,13,15-18,23,31-33,35,45,55-56H,6-8,12,14,19-22H2,1H3,(H,46,51)(H,47,54)(H,48,53)(H,50,52)(H4,42,43,44)/t31-,32-,33+,35-/m0/s1. The van der Waals surface area contributed by atoms with Gasteiger partial charge in [0.05, 0.1) is 22.9 Å². The quantitative estimate of drug-likeness (QED) is 0.0406. The molecule has 2 aliphatic rings. The number of guanidine groups is 1. The second-order valence-electron chi connectivity index (χ2n) is 14.4. The van der Waals surface area contributed by atoms with Crippen LogP contribution in [0.2, 0.25) is 0 Å². The highest BCUT2D eigenvalue weighted by atomic mass is 32.1. The van der Waals surface area contributed by atoms with E-state index < -0.39 is 53.6 Å². The molecule has 11 N–H and O–H groups in total. The van der Waals surface area contributed by atoms with Crippen LogP contribution >= 0.6 is 11.3 Å². The molecule has 2 aliphatic heterocycles. The van der Waals surface area contributed by atoms with Gasteiger partial charge in [-0.1, -0.05) is 42.5 Å². The number of nitrogens with zero attached hydrogens (tertiary/aromatic N) is 2. The number of aromatic nitrogens is 2. The summed E-state index contributed by atoms with van der Waals surface area (Å²) >= 11 is 1.08. The van der Waals surface area contributed by atoms with Gasteiger partial charge < -0.3 is 52.7 Å². The van der Waals surface area contributed by atoms with Gasteiger partial charge in [0.2, 0.25) is 29.4 Å². The Balaban J connectivity index is 1.31.